The van der Waals surface area contributed by atoms with Gasteiger partial charge in [0.2, 0.25) is 0 Å². The standard InChI is InChI=1S/C15H16ClN3O3S/c1-22-7-13-18-10(6-14(20)19-13)8-4-9(5-8)17-15(21)11-2-3-12(16)23-11/h2-3,6,8-9H,4-5,7H2,1H3,(H,17,21)(H,18,19,20). The van der Waals surface area contributed by atoms with Crippen LogP contribution in [0.5, 0.6) is 0 Å². The molecule has 2 N–H and O–H groups in total. The van der Waals surface area contributed by atoms with Crippen molar-refractivity contribution in [3.05, 3.63) is 49.3 Å². The fourth-order valence-corrected chi connectivity index (χ4v) is 3.56. The van der Waals surface area contributed by atoms with Crippen molar-refractivity contribution in [3.8, 4) is 0 Å². The largest absolute Gasteiger partial charge is 0.377 e. The summed E-state index contributed by atoms with van der Waals surface area (Å²) in [6.07, 6.45) is 1.54. The predicted molar refractivity (Wildman–Crippen MR) is 88.1 cm³/mol. The van der Waals surface area contributed by atoms with Gasteiger partial charge in [0.05, 0.1) is 14.9 Å². The molecule has 0 unspecified atom stereocenters. The molecule has 0 saturated heterocycles. The molecule has 23 heavy (non-hydrogen) atoms. The van der Waals surface area contributed by atoms with Crippen molar-refractivity contribution in [1.82, 2.24) is 15.3 Å². The first-order valence-corrected chi connectivity index (χ1v) is 8.40. The molecule has 1 fully saturated rings. The molecule has 3 rings (SSSR count). The second-order valence-corrected chi connectivity index (χ2v) is 7.21. The average molecular weight is 354 g/mol. The minimum Gasteiger partial charge on any atom is -0.377 e. The van der Waals surface area contributed by atoms with Crippen molar-refractivity contribution in [1.29, 1.82) is 0 Å². The third-order valence-corrected chi connectivity index (χ3v) is 5.01. The van der Waals surface area contributed by atoms with Crippen molar-refractivity contribution < 1.29 is 9.53 Å². The Morgan fingerprint density at radius 3 is 2.96 bits per heavy atom. The van der Waals surface area contributed by atoms with E-state index in [2.05, 4.69) is 15.3 Å². The molecule has 1 aliphatic rings. The molecule has 0 aliphatic heterocycles. The molecule has 0 spiro atoms. The van der Waals surface area contributed by atoms with Crippen molar-refractivity contribution >= 4 is 28.8 Å². The second-order valence-electron chi connectivity index (χ2n) is 5.49. The fourth-order valence-electron chi connectivity index (χ4n) is 2.61. The monoisotopic (exact) mass is 353 g/mol. The molecule has 2 aromatic heterocycles. The van der Waals surface area contributed by atoms with Gasteiger partial charge in [0.1, 0.15) is 12.4 Å². The highest BCUT2D eigenvalue weighted by molar-refractivity contribution is 7.17. The number of carbonyl (C=O) groups excluding carboxylic acids is 1. The first-order valence-electron chi connectivity index (χ1n) is 7.20. The first kappa shape index (κ1) is 16.2. The van der Waals surface area contributed by atoms with Gasteiger partial charge in [-0.15, -0.1) is 11.3 Å². The van der Waals surface area contributed by atoms with Crippen molar-refractivity contribution in [2.75, 3.05) is 7.11 Å². The third kappa shape index (κ3) is 3.80. The zero-order chi connectivity index (χ0) is 16.4. The maximum absolute atomic E-state index is 12.1. The van der Waals surface area contributed by atoms with E-state index in [1.807, 2.05) is 0 Å². The fraction of sp³-hybridized carbons (Fsp3) is 0.400. The van der Waals surface area contributed by atoms with E-state index in [0.717, 1.165) is 18.5 Å². The lowest BCUT2D eigenvalue weighted by Gasteiger charge is -2.35. The van der Waals surface area contributed by atoms with Crippen molar-refractivity contribution in [2.45, 2.75) is 31.4 Å². The highest BCUT2D eigenvalue weighted by Gasteiger charge is 2.33. The Hall–Kier alpha value is -1.70. The molecule has 1 saturated carbocycles. The summed E-state index contributed by atoms with van der Waals surface area (Å²) in [6.45, 7) is 0.273. The number of methoxy groups -OCH3 is 1. The number of amides is 1. The minimum atomic E-state index is -0.178. The van der Waals surface area contributed by atoms with Gasteiger partial charge < -0.3 is 15.0 Å². The van der Waals surface area contributed by atoms with Crippen LogP contribution in [0, 0.1) is 0 Å². The Morgan fingerprint density at radius 2 is 2.30 bits per heavy atom. The number of carbonyl (C=O) groups is 1. The Labute approximate surface area is 141 Å². The van der Waals surface area contributed by atoms with Crippen molar-refractivity contribution in [2.24, 2.45) is 0 Å². The molecule has 122 valence electrons. The zero-order valence-electron chi connectivity index (χ0n) is 12.5. The molecule has 8 heteroatoms. The SMILES string of the molecule is COCc1nc(C2CC(NC(=O)c3ccc(Cl)s3)C2)cc(=O)[nH]1. The summed E-state index contributed by atoms with van der Waals surface area (Å²) in [6, 6.07) is 5.04. The van der Waals surface area contributed by atoms with Gasteiger partial charge in [-0.2, -0.15) is 0 Å². The van der Waals surface area contributed by atoms with Crippen LogP contribution in [-0.2, 0) is 11.3 Å². The number of aromatic amines is 1. The number of thiophene rings is 1. The minimum absolute atomic E-state index is 0.0975. The molecule has 0 aromatic carbocycles. The zero-order valence-corrected chi connectivity index (χ0v) is 14.0. The Kier molecular flexibility index (Phi) is 4.79. The molecular formula is C15H16ClN3O3S. The third-order valence-electron chi connectivity index (χ3n) is 3.78. The molecular weight excluding hydrogens is 338 g/mol. The number of nitrogens with one attached hydrogen (secondary N) is 2. The van der Waals surface area contributed by atoms with Crippen molar-refractivity contribution in [3.63, 3.8) is 0 Å². The van der Waals surface area contributed by atoms with Gasteiger partial charge in [-0.3, -0.25) is 9.59 Å². The van der Waals surface area contributed by atoms with E-state index in [0.29, 0.717) is 15.0 Å². The number of aromatic nitrogens is 2. The van der Waals surface area contributed by atoms with E-state index in [1.165, 1.54) is 17.4 Å². The Balaban J connectivity index is 1.58. The van der Waals surface area contributed by atoms with Crippen LogP contribution in [0.25, 0.3) is 0 Å². The van der Waals surface area contributed by atoms with Gasteiger partial charge in [0, 0.05) is 25.1 Å². The van der Waals surface area contributed by atoms with E-state index in [1.54, 1.807) is 19.2 Å². The molecule has 1 aliphatic carbocycles. The van der Waals surface area contributed by atoms with Crippen LogP contribution in [0.3, 0.4) is 0 Å². The summed E-state index contributed by atoms with van der Waals surface area (Å²) in [5.41, 5.74) is 0.577. The molecule has 6 nitrogen and oxygen atoms in total. The van der Waals surface area contributed by atoms with E-state index in [4.69, 9.17) is 16.3 Å². The lowest BCUT2D eigenvalue weighted by atomic mass is 9.78. The summed E-state index contributed by atoms with van der Waals surface area (Å²) in [7, 11) is 1.55. The highest BCUT2D eigenvalue weighted by atomic mass is 35.5. The molecule has 2 aromatic rings. The Bertz CT molecular complexity index is 767. The van der Waals surface area contributed by atoms with Crippen LogP contribution < -0.4 is 10.9 Å². The van der Waals surface area contributed by atoms with Crippen LogP contribution in [-0.4, -0.2) is 29.0 Å². The van der Waals surface area contributed by atoms with Gasteiger partial charge in [0.25, 0.3) is 11.5 Å². The maximum Gasteiger partial charge on any atom is 0.261 e. The number of rotatable bonds is 5. The Morgan fingerprint density at radius 1 is 1.52 bits per heavy atom. The highest BCUT2D eigenvalue weighted by Crippen LogP contribution is 2.35. The maximum atomic E-state index is 12.1. The van der Waals surface area contributed by atoms with Crippen LogP contribution in [0.15, 0.2) is 23.0 Å². The molecule has 0 radical (unpaired) electrons. The van der Waals surface area contributed by atoms with Crippen LogP contribution >= 0.6 is 22.9 Å². The number of ether oxygens (including phenoxy) is 1. The van der Waals surface area contributed by atoms with Crippen LogP contribution in [0.1, 0.15) is 39.9 Å². The smallest absolute Gasteiger partial charge is 0.261 e. The van der Waals surface area contributed by atoms with Gasteiger partial charge >= 0.3 is 0 Å². The summed E-state index contributed by atoms with van der Waals surface area (Å²) < 4.78 is 5.59. The van der Waals surface area contributed by atoms with E-state index in [9.17, 15) is 9.59 Å². The first-order chi connectivity index (χ1) is 11.0. The molecule has 1 amide bonds. The van der Waals surface area contributed by atoms with E-state index in [-0.39, 0.29) is 30.0 Å². The van der Waals surface area contributed by atoms with Crippen LogP contribution in [0.4, 0.5) is 0 Å². The summed E-state index contributed by atoms with van der Waals surface area (Å²) in [5.74, 6) is 0.602. The van der Waals surface area contributed by atoms with E-state index < -0.39 is 0 Å². The van der Waals surface area contributed by atoms with Gasteiger partial charge in [-0.05, 0) is 25.0 Å². The summed E-state index contributed by atoms with van der Waals surface area (Å²) in [4.78, 5) is 31.4. The molecule has 0 atom stereocenters. The number of H-pyrrole nitrogens is 1. The summed E-state index contributed by atoms with van der Waals surface area (Å²) >= 11 is 7.10. The lowest BCUT2D eigenvalue weighted by Crippen LogP contribution is -2.43. The number of hydrogen-bond donors (Lipinski definition) is 2. The van der Waals surface area contributed by atoms with E-state index >= 15 is 0 Å². The second kappa shape index (κ2) is 6.82. The predicted octanol–water partition coefficient (Wildman–Crippen LogP) is 2.31. The number of halogens is 1. The molecule has 0 bridgehead atoms. The normalized spacial score (nSPS) is 20.1. The molecule has 2 heterocycles. The van der Waals surface area contributed by atoms with Gasteiger partial charge in [-0.1, -0.05) is 11.6 Å². The topological polar surface area (TPSA) is 84.1 Å². The van der Waals surface area contributed by atoms with Gasteiger partial charge in [-0.25, -0.2) is 4.98 Å². The summed E-state index contributed by atoms with van der Waals surface area (Å²) in [5, 5.41) is 2.97. The average Bonchev–Trinajstić information content (AvgIpc) is 2.88. The number of hydrogen-bond acceptors (Lipinski definition) is 5. The lowest BCUT2D eigenvalue weighted by molar-refractivity contribution is 0.0912. The van der Waals surface area contributed by atoms with Crippen LogP contribution in [0.2, 0.25) is 4.34 Å². The van der Waals surface area contributed by atoms with Gasteiger partial charge in [0.15, 0.2) is 0 Å². The quantitative estimate of drug-likeness (QED) is 0.863. The number of nitrogens with zero attached hydrogens (tertiary/aromatic N) is 1.